The van der Waals surface area contributed by atoms with Gasteiger partial charge >= 0.3 is 6.09 Å². The van der Waals surface area contributed by atoms with Crippen LogP contribution in [0.2, 0.25) is 0 Å². The second-order valence-electron chi connectivity index (χ2n) is 8.25. The van der Waals surface area contributed by atoms with E-state index in [0.717, 1.165) is 11.5 Å². The van der Waals surface area contributed by atoms with Crippen LogP contribution in [-0.4, -0.2) is 45.1 Å². The Hall–Kier alpha value is -2.90. The molecule has 0 saturated carbocycles. The second-order valence-corrected chi connectivity index (χ2v) is 8.25. The van der Waals surface area contributed by atoms with Crippen molar-refractivity contribution in [2.45, 2.75) is 46.3 Å². The van der Waals surface area contributed by atoms with E-state index >= 15 is 0 Å². The van der Waals surface area contributed by atoms with Crippen molar-refractivity contribution in [3.63, 3.8) is 0 Å². The average molecular weight is 402 g/mol. The summed E-state index contributed by atoms with van der Waals surface area (Å²) in [5.41, 5.74) is 0.848. The number of hydrogen-bond donors (Lipinski definition) is 1. The zero-order valence-corrected chi connectivity index (χ0v) is 17.2. The van der Waals surface area contributed by atoms with Gasteiger partial charge in [-0.05, 0) is 57.9 Å². The first-order valence-corrected chi connectivity index (χ1v) is 9.68. The van der Waals surface area contributed by atoms with Crippen LogP contribution in [0.4, 0.5) is 9.18 Å². The Morgan fingerprint density at radius 3 is 2.76 bits per heavy atom. The first-order chi connectivity index (χ1) is 13.6. The van der Waals surface area contributed by atoms with Crippen LogP contribution in [0.15, 0.2) is 30.6 Å². The van der Waals surface area contributed by atoms with Crippen molar-refractivity contribution in [2.75, 3.05) is 13.1 Å². The SMILES string of the molecule is Cc1nccn1-c1ccc(F)cc1CNC(=O)C1CCN(C(=O)OC(C)(C)C)C1. The first kappa shape index (κ1) is 20.8. The molecule has 0 aliphatic carbocycles. The minimum atomic E-state index is -0.573. The molecule has 1 aromatic carbocycles. The monoisotopic (exact) mass is 402 g/mol. The Morgan fingerprint density at radius 2 is 2.10 bits per heavy atom. The van der Waals surface area contributed by atoms with E-state index in [0.29, 0.717) is 25.1 Å². The van der Waals surface area contributed by atoms with Gasteiger partial charge < -0.3 is 19.5 Å². The summed E-state index contributed by atoms with van der Waals surface area (Å²) in [5, 5.41) is 2.88. The van der Waals surface area contributed by atoms with Gasteiger partial charge in [0.1, 0.15) is 17.2 Å². The second kappa shape index (κ2) is 8.23. The number of amides is 2. The molecule has 0 radical (unpaired) electrons. The number of nitrogens with one attached hydrogen (secondary N) is 1. The fourth-order valence-corrected chi connectivity index (χ4v) is 3.36. The zero-order valence-electron chi connectivity index (χ0n) is 17.2. The Kier molecular flexibility index (Phi) is 5.91. The van der Waals surface area contributed by atoms with E-state index in [1.807, 2.05) is 32.3 Å². The van der Waals surface area contributed by atoms with Gasteiger partial charge in [-0.3, -0.25) is 4.79 Å². The number of aryl methyl sites for hydroxylation is 1. The summed E-state index contributed by atoms with van der Waals surface area (Å²) in [6.07, 6.45) is 3.63. The number of rotatable bonds is 4. The lowest BCUT2D eigenvalue weighted by Gasteiger charge is -2.24. The summed E-state index contributed by atoms with van der Waals surface area (Å²) in [5.74, 6) is -0.0659. The minimum Gasteiger partial charge on any atom is -0.444 e. The number of ether oxygens (including phenoxy) is 1. The summed E-state index contributed by atoms with van der Waals surface area (Å²) < 4.78 is 21.0. The van der Waals surface area contributed by atoms with Crippen molar-refractivity contribution < 1.29 is 18.7 Å². The molecule has 1 aromatic heterocycles. The Balaban J connectivity index is 1.63. The minimum absolute atomic E-state index is 0.159. The van der Waals surface area contributed by atoms with Gasteiger partial charge in [0.05, 0.1) is 11.6 Å². The van der Waals surface area contributed by atoms with Crippen molar-refractivity contribution in [3.8, 4) is 5.69 Å². The number of carbonyl (C=O) groups excluding carboxylic acids is 2. The quantitative estimate of drug-likeness (QED) is 0.852. The van der Waals surface area contributed by atoms with Gasteiger partial charge in [-0.1, -0.05) is 0 Å². The molecule has 2 aromatic rings. The number of aromatic nitrogens is 2. The molecule has 1 unspecified atom stereocenters. The number of benzene rings is 1. The molecule has 8 heteroatoms. The van der Waals surface area contributed by atoms with Crippen LogP contribution in [0.25, 0.3) is 5.69 Å². The Bertz CT molecular complexity index is 904. The molecule has 1 saturated heterocycles. The summed E-state index contributed by atoms with van der Waals surface area (Å²) in [6, 6.07) is 4.47. The predicted octanol–water partition coefficient (Wildman–Crippen LogP) is 3.19. The fraction of sp³-hybridized carbons (Fsp3) is 0.476. The zero-order chi connectivity index (χ0) is 21.2. The number of halogens is 1. The first-order valence-electron chi connectivity index (χ1n) is 9.68. The van der Waals surface area contributed by atoms with E-state index in [1.54, 1.807) is 23.4 Å². The largest absolute Gasteiger partial charge is 0.444 e. The highest BCUT2D eigenvalue weighted by atomic mass is 19.1. The van der Waals surface area contributed by atoms with Gasteiger partial charge in [-0.15, -0.1) is 0 Å². The third-order valence-electron chi connectivity index (χ3n) is 4.79. The van der Waals surface area contributed by atoms with E-state index in [9.17, 15) is 14.0 Å². The Morgan fingerprint density at radius 1 is 1.34 bits per heavy atom. The summed E-state index contributed by atoms with van der Waals surface area (Å²) >= 11 is 0. The summed E-state index contributed by atoms with van der Waals surface area (Å²) in [7, 11) is 0. The van der Waals surface area contributed by atoms with Gasteiger partial charge in [-0.25, -0.2) is 14.2 Å². The van der Waals surface area contributed by atoms with Crippen molar-refractivity contribution in [1.29, 1.82) is 0 Å². The molecule has 2 heterocycles. The third kappa shape index (κ3) is 5.13. The maximum atomic E-state index is 13.8. The molecule has 1 fully saturated rings. The average Bonchev–Trinajstić information content (AvgIpc) is 3.28. The number of imidazole rings is 1. The molecule has 29 heavy (non-hydrogen) atoms. The molecule has 7 nitrogen and oxygen atoms in total. The van der Waals surface area contributed by atoms with Crippen LogP contribution in [0.5, 0.6) is 0 Å². The van der Waals surface area contributed by atoms with Crippen LogP contribution < -0.4 is 5.32 Å². The van der Waals surface area contributed by atoms with E-state index in [2.05, 4.69) is 10.3 Å². The molecule has 2 amide bonds. The molecule has 3 rings (SSSR count). The Labute approximate surface area is 169 Å². The third-order valence-corrected chi connectivity index (χ3v) is 4.79. The highest BCUT2D eigenvalue weighted by Gasteiger charge is 2.33. The van der Waals surface area contributed by atoms with E-state index in [4.69, 9.17) is 4.74 Å². The van der Waals surface area contributed by atoms with Gasteiger partial charge in [0.25, 0.3) is 0 Å². The van der Waals surface area contributed by atoms with Gasteiger partial charge in [-0.2, -0.15) is 0 Å². The molecule has 1 aliphatic rings. The van der Waals surface area contributed by atoms with Crippen LogP contribution in [0, 0.1) is 18.7 Å². The lowest BCUT2D eigenvalue weighted by Crippen LogP contribution is -2.37. The topological polar surface area (TPSA) is 76.5 Å². The summed E-state index contributed by atoms with van der Waals surface area (Å²) in [4.78, 5) is 30.5. The number of nitrogens with zero attached hydrogens (tertiary/aromatic N) is 3. The smallest absolute Gasteiger partial charge is 0.410 e. The van der Waals surface area contributed by atoms with Crippen molar-refractivity contribution in [3.05, 3.63) is 47.8 Å². The van der Waals surface area contributed by atoms with E-state index < -0.39 is 11.7 Å². The number of hydrogen-bond acceptors (Lipinski definition) is 4. The lowest BCUT2D eigenvalue weighted by molar-refractivity contribution is -0.124. The highest BCUT2D eigenvalue weighted by molar-refractivity contribution is 5.80. The van der Waals surface area contributed by atoms with Crippen LogP contribution in [0.3, 0.4) is 0 Å². The molecule has 0 bridgehead atoms. The van der Waals surface area contributed by atoms with Crippen molar-refractivity contribution >= 4 is 12.0 Å². The highest BCUT2D eigenvalue weighted by Crippen LogP contribution is 2.21. The van der Waals surface area contributed by atoms with E-state index in [1.165, 1.54) is 12.1 Å². The molecule has 156 valence electrons. The van der Waals surface area contributed by atoms with Crippen molar-refractivity contribution in [2.24, 2.45) is 5.92 Å². The molecule has 1 N–H and O–H groups in total. The summed E-state index contributed by atoms with van der Waals surface area (Å²) in [6.45, 7) is 8.27. The number of likely N-dealkylation sites (tertiary alicyclic amines) is 1. The number of carbonyl (C=O) groups is 2. The fourth-order valence-electron chi connectivity index (χ4n) is 3.36. The van der Waals surface area contributed by atoms with Crippen molar-refractivity contribution in [1.82, 2.24) is 19.8 Å². The van der Waals surface area contributed by atoms with Gasteiger partial charge in [0, 0.05) is 32.0 Å². The molecular weight excluding hydrogens is 375 g/mol. The maximum Gasteiger partial charge on any atom is 0.410 e. The van der Waals surface area contributed by atoms with Crippen LogP contribution in [0.1, 0.15) is 38.6 Å². The normalized spacial score (nSPS) is 16.7. The molecule has 1 atom stereocenters. The molecule has 0 spiro atoms. The standard InChI is InChI=1S/C21H27FN4O3/c1-14-23-8-10-26(14)18-6-5-17(22)11-16(18)12-24-19(27)15-7-9-25(13-15)20(28)29-21(2,3)4/h5-6,8,10-11,15H,7,9,12-13H2,1-4H3,(H,24,27). The van der Waals surface area contributed by atoms with Crippen LogP contribution in [-0.2, 0) is 16.1 Å². The van der Waals surface area contributed by atoms with Gasteiger partial charge in [0.15, 0.2) is 0 Å². The van der Waals surface area contributed by atoms with Gasteiger partial charge in [0.2, 0.25) is 5.91 Å². The lowest BCUT2D eigenvalue weighted by atomic mass is 10.1. The maximum absolute atomic E-state index is 13.8. The van der Waals surface area contributed by atoms with Crippen LogP contribution >= 0.6 is 0 Å². The van der Waals surface area contributed by atoms with E-state index in [-0.39, 0.29) is 24.2 Å². The molecule has 1 aliphatic heterocycles. The predicted molar refractivity (Wildman–Crippen MR) is 106 cm³/mol. The molecular formula is C21H27FN4O3.